The van der Waals surface area contributed by atoms with E-state index in [1.54, 1.807) is 67.8 Å². The van der Waals surface area contributed by atoms with Crippen molar-refractivity contribution in [3.63, 3.8) is 0 Å². The summed E-state index contributed by atoms with van der Waals surface area (Å²) in [6, 6.07) is 30.2. The predicted octanol–water partition coefficient (Wildman–Crippen LogP) is 4.68. The summed E-state index contributed by atoms with van der Waals surface area (Å²) < 4.78 is 40.1. The Kier molecular flexibility index (Phi) is 11.0. The quantitative estimate of drug-likeness (QED) is 0.221. The summed E-state index contributed by atoms with van der Waals surface area (Å²) in [6.07, 6.45) is 0.229. The lowest BCUT2D eigenvalue weighted by Gasteiger charge is -2.33. The number of hydrogen-bond acceptors (Lipinski definition) is 6. The van der Waals surface area contributed by atoms with Crippen molar-refractivity contribution in [1.29, 1.82) is 0 Å². The lowest BCUT2D eigenvalue weighted by molar-refractivity contribution is -0.139. The minimum absolute atomic E-state index is 0.00379. The number of para-hydroxylation sites is 1. The first kappa shape index (κ1) is 32.1. The van der Waals surface area contributed by atoms with Crippen molar-refractivity contribution in [3.8, 4) is 11.5 Å². The number of hydrogen-bond donors (Lipinski definition) is 1. The number of nitrogens with zero attached hydrogens (tertiary/aromatic N) is 2. The highest BCUT2D eigenvalue weighted by atomic mass is 32.2. The van der Waals surface area contributed by atoms with Gasteiger partial charge in [0, 0.05) is 20.0 Å². The SMILES string of the molecule is CCOc1ccc(S(=O)(=O)N(CC(=O)N(Cc2cccc(OC)c2)[C@H](Cc2ccccc2)C(=O)NC)c2ccccc2)cc1. The van der Waals surface area contributed by atoms with Gasteiger partial charge in [-0.1, -0.05) is 60.7 Å². The first-order valence-electron chi connectivity index (χ1n) is 14.3. The van der Waals surface area contributed by atoms with Gasteiger partial charge in [-0.2, -0.15) is 0 Å². The molecule has 10 heteroatoms. The maximum atomic E-state index is 14.3. The number of anilines is 1. The summed E-state index contributed by atoms with van der Waals surface area (Å²) in [6.45, 7) is 1.79. The Morgan fingerprint density at radius 1 is 0.818 bits per heavy atom. The number of rotatable bonds is 14. The molecule has 0 fully saturated rings. The van der Waals surface area contributed by atoms with Crippen molar-refractivity contribution in [3.05, 3.63) is 120 Å². The largest absolute Gasteiger partial charge is 0.497 e. The topological polar surface area (TPSA) is 105 Å². The third kappa shape index (κ3) is 7.96. The van der Waals surface area contributed by atoms with E-state index in [0.29, 0.717) is 23.8 Å². The van der Waals surface area contributed by atoms with Gasteiger partial charge in [0.15, 0.2) is 0 Å². The van der Waals surface area contributed by atoms with Crippen LogP contribution in [0.5, 0.6) is 11.5 Å². The summed E-state index contributed by atoms with van der Waals surface area (Å²) in [5.41, 5.74) is 1.89. The molecule has 0 aliphatic heterocycles. The molecule has 0 saturated heterocycles. The molecule has 4 rings (SSSR count). The van der Waals surface area contributed by atoms with Gasteiger partial charge in [-0.05, 0) is 66.6 Å². The zero-order valence-electron chi connectivity index (χ0n) is 25.1. The summed E-state index contributed by atoms with van der Waals surface area (Å²) in [5, 5.41) is 2.68. The molecule has 44 heavy (non-hydrogen) atoms. The molecule has 230 valence electrons. The number of ether oxygens (including phenoxy) is 2. The molecule has 2 amide bonds. The van der Waals surface area contributed by atoms with Crippen LogP contribution in [-0.2, 0) is 32.6 Å². The van der Waals surface area contributed by atoms with Crippen LogP contribution < -0.4 is 19.1 Å². The minimum atomic E-state index is -4.20. The highest BCUT2D eigenvalue weighted by molar-refractivity contribution is 7.92. The van der Waals surface area contributed by atoms with E-state index in [-0.39, 0.29) is 23.8 Å². The normalized spacial score (nSPS) is 11.7. The molecule has 0 radical (unpaired) electrons. The Balaban J connectivity index is 1.76. The number of carbonyl (C=O) groups excluding carboxylic acids is 2. The smallest absolute Gasteiger partial charge is 0.264 e. The Bertz CT molecular complexity index is 1630. The lowest BCUT2D eigenvalue weighted by Crippen LogP contribution is -2.53. The molecule has 0 spiro atoms. The summed E-state index contributed by atoms with van der Waals surface area (Å²) >= 11 is 0. The highest BCUT2D eigenvalue weighted by Crippen LogP contribution is 2.26. The fourth-order valence-corrected chi connectivity index (χ4v) is 6.23. The first-order valence-corrected chi connectivity index (χ1v) is 15.7. The molecule has 4 aromatic carbocycles. The van der Waals surface area contributed by atoms with Crippen LogP contribution in [0.25, 0.3) is 0 Å². The van der Waals surface area contributed by atoms with Gasteiger partial charge < -0.3 is 19.7 Å². The van der Waals surface area contributed by atoms with Crippen LogP contribution in [0, 0.1) is 0 Å². The van der Waals surface area contributed by atoms with Gasteiger partial charge in [0.05, 0.1) is 24.3 Å². The number of sulfonamides is 1. The number of benzene rings is 4. The van der Waals surface area contributed by atoms with E-state index >= 15 is 0 Å². The zero-order valence-corrected chi connectivity index (χ0v) is 25.9. The lowest BCUT2D eigenvalue weighted by atomic mass is 10.0. The molecule has 4 aromatic rings. The van der Waals surface area contributed by atoms with E-state index in [9.17, 15) is 18.0 Å². The number of likely N-dealkylation sites (N-methyl/N-ethyl adjacent to an activating group) is 1. The van der Waals surface area contributed by atoms with E-state index in [1.807, 2.05) is 43.3 Å². The fourth-order valence-electron chi connectivity index (χ4n) is 4.81. The Labute approximate surface area is 259 Å². The van der Waals surface area contributed by atoms with Crippen LogP contribution in [0.2, 0.25) is 0 Å². The minimum Gasteiger partial charge on any atom is -0.497 e. The number of nitrogens with one attached hydrogen (secondary N) is 1. The molecule has 9 nitrogen and oxygen atoms in total. The van der Waals surface area contributed by atoms with Crippen LogP contribution in [0.4, 0.5) is 5.69 Å². The van der Waals surface area contributed by atoms with Crippen LogP contribution in [0.3, 0.4) is 0 Å². The molecule has 0 aromatic heterocycles. The van der Waals surface area contributed by atoms with Crippen molar-refractivity contribution in [2.24, 2.45) is 0 Å². The van der Waals surface area contributed by atoms with Gasteiger partial charge in [0.2, 0.25) is 11.8 Å². The van der Waals surface area contributed by atoms with Gasteiger partial charge in [0.1, 0.15) is 24.1 Å². The van der Waals surface area contributed by atoms with Crippen molar-refractivity contribution >= 4 is 27.5 Å². The average Bonchev–Trinajstić information content (AvgIpc) is 3.06. The highest BCUT2D eigenvalue weighted by Gasteiger charge is 2.34. The third-order valence-corrected chi connectivity index (χ3v) is 8.84. The van der Waals surface area contributed by atoms with E-state index in [1.165, 1.54) is 24.1 Å². The summed E-state index contributed by atoms with van der Waals surface area (Å²) in [7, 11) is -1.13. The zero-order chi connectivity index (χ0) is 31.5. The van der Waals surface area contributed by atoms with Crippen LogP contribution in [0.1, 0.15) is 18.1 Å². The second-order valence-electron chi connectivity index (χ2n) is 9.94. The van der Waals surface area contributed by atoms with Gasteiger partial charge in [0.25, 0.3) is 10.0 Å². The third-order valence-electron chi connectivity index (χ3n) is 7.05. The molecule has 1 atom stereocenters. The molecular formula is C34H37N3O6S. The number of carbonyl (C=O) groups is 2. The number of amides is 2. The van der Waals surface area contributed by atoms with E-state index in [4.69, 9.17) is 9.47 Å². The maximum Gasteiger partial charge on any atom is 0.264 e. The molecule has 0 aliphatic rings. The monoisotopic (exact) mass is 615 g/mol. The van der Waals surface area contributed by atoms with Crippen molar-refractivity contribution in [1.82, 2.24) is 10.2 Å². The van der Waals surface area contributed by atoms with Crippen LogP contribution >= 0.6 is 0 Å². The predicted molar refractivity (Wildman–Crippen MR) is 170 cm³/mol. The van der Waals surface area contributed by atoms with Gasteiger partial charge in [-0.25, -0.2) is 8.42 Å². The molecule has 0 saturated carbocycles. The number of methoxy groups -OCH3 is 1. The van der Waals surface area contributed by atoms with E-state index < -0.39 is 28.5 Å². The van der Waals surface area contributed by atoms with Crippen molar-refractivity contribution in [2.45, 2.75) is 30.8 Å². The van der Waals surface area contributed by atoms with Crippen LogP contribution in [0.15, 0.2) is 114 Å². The molecule has 0 heterocycles. The maximum absolute atomic E-state index is 14.3. The Morgan fingerprint density at radius 3 is 2.07 bits per heavy atom. The van der Waals surface area contributed by atoms with Gasteiger partial charge in [-0.15, -0.1) is 0 Å². The van der Waals surface area contributed by atoms with E-state index in [2.05, 4.69) is 5.32 Å². The second kappa shape index (κ2) is 15.1. The second-order valence-corrected chi connectivity index (χ2v) is 11.8. The first-order chi connectivity index (χ1) is 21.3. The molecule has 0 bridgehead atoms. The summed E-state index contributed by atoms with van der Waals surface area (Å²) in [5.74, 6) is 0.215. The van der Waals surface area contributed by atoms with Crippen molar-refractivity contribution in [2.75, 3.05) is 31.6 Å². The molecule has 1 N–H and O–H groups in total. The van der Waals surface area contributed by atoms with Gasteiger partial charge >= 0.3 is 0 Å². The Hall–Kier alpha value is -4.83. The van der Waals surface area contributed by atoms with Crippen LogP contribution in [-0.4, -0.2) is 58.5 Å². The standard InChI is InChI=1S/C34H37N3O6S/c1-4-43-29-18-20-31(21-19-29)44(40,41)37(28-15-9-6-10-16-28)25-33(38)36(24-27-14-11-17-30(22-27)42-3)32(34(39)35-2)23-26-12-7-5-8-13-26/h5-22,32H,4,23-25H2,1-3H3,(H,35,39)/t32-/m1/s1. The fraction of sp³-hybridized carbons (Fsp3) is 0.235. The Morgan fingerprint density at radius 2 is 1.45 bits per heavy atom. The average molecular weight is 616 g/mol. The van der Waals surface area contributed by atoms with E-state index in [0.717, 1.165) is 15.4 Å². The summed E-state index contributed by atoms with van der Waals surface area (Å²) in [4.78, 5) is 29.1. The van der Waals surface area contributed by atoms with Gasteiger partial charge in [-0.3, -0.25) is 13.9 Å². The molecule has 0 unspecified atom stereocenters. The molecule has 0 aliphatic carbocycles. The van der Waals surface area contributed by atoms with Crippen molar-refractivity contribution < 1.29 is 27.5 Å². The molecular weight excluding hydrogens is 578 g/mol.